The van der Waals surface area contributed by atoms with Crippen LogP contribution in [0, 0.1) is 6.92 Å². The molecule has 0 fully saturated rings. The van der Waals surface area contributed by atoms with Gasteiger partial charge >= 0.3 is 5.97 Å². The van der Waals surface area contributed by atoms with Gasteiger partial charge < -0.3 is 5.11 Å². The summed E-state index contributed by atoms with van der Waals surface area (Å²) in [6.07, 6.45) is 0.609. The lowest BCUT2D eigenvalue weighted by atomic mass is 10.1. The molecule has 0 saturated heterocycles. The summed E-state index contributed by atoms with van der Waals surface area (Å²) in [5, 5.41) is 10.9. The molecule has 0 saturated carbocycles. The highest BCUT2D eigenvalue weighted by atomic mass is 32.2. The summed E-state index contributed by atoms with van der Waals surface area (Å²) in [6, 6.07) is 7.52. The zero-order chi connectivity index (χ0) is 16.3. The number of aryl methyl sites for hydroxylation is 1. The van der Waals surface area contributed by atoms with Gasteiger partial charge in [0.1, 0.15) is 0 Å². The normalized spacial score (nSPS) is 13.0. The van der Waals surface area contributed by atoms with Crippen LogP contribution in [0.25, 0.3) is 0 Å². The van der Waals surface area contributed by atoms with Gasteiger partial charge in [0.25, 0.3) is 0 Å². The Balaban J connectivity index is 2.38. The molecule has 5 nitrogen and oxygen atoms in total. The van der Waals surface area contributed by atoms with E-state index in [2.05, 4.69) is 4.72 Å². The number of hydrogen-bond donors (Lipinski definition) is 2. The van der Waals surface area contributed by atoms with Crippen molar-refractivity contribution in [2.24, 2.45) is 0 Å². The van der Waals surface area contributed by atoms with Gasteiger partial charge in [-0.05, 0) is 42.5 Å². The van der Waals surface area contributed by atoms with Crippen LogP contribution in [-0.4, -0.2) is 19.5 Å². The average Bonchev–Trinajstić information content (AvgIpc) is 2.98. The molecule has 0 spiro atoms. The molecule has 1 aromatic carbocycles. The molecule has 0 radical (unpaired) electrons. The minimum absolute atomic E-state index is 0.00223. The van der Waals surface area contributed by atoms with Crippen molar-refractivity contribution in [2.45, 2.75) is 31.2 Å². The number of nitrogens with one attached hydrogen (secondary N) is 1. The van der Waals surface area contributed by atoms with E-state index in [1.165, 1.54) is 29.5 Å². The van der Waals surface area contributed by atoms with E-state index in [1.54, 1.807) is 6.92 Å². The van der Waals surface area contributed by atoms with Crippen molar-refractivity contribution in [2.75, 3.05) is 0 Å². The maximum Gasteiger partial charge on any atom is 0.335 e. The zero-order valence-corrected chi connectivity index (χ0v) is 13.9. The lowest BCUT2D eigenvalue weighted by Crippen LogP contribution is -2.28. The number of carboxylic acids is 1. The predicted molar refractivity (Wildman–Crippen MR) is 85.8 cm³/mol. The van der Waals surface area contributed by atoms with Crippen LogP contribution in [0.5, 0.6) is 0 Å². The largest absolute Gasteiger partial charge is 0.478 e. The van der Waals surface area contributed by atoms with Crippen molar-refractivity contribution in [3.63, 3.8) is 0 Å². The maximum atomic E-state index is 12.6. The Hall–Kier alpha value is -1.70. The first-order valence-corrected chi connectivity index (χ1v) is 9.11. The van der Waals surface area contributed by atoms with Crippen LogP contribution in [0.4, 0.5) is 0 Å². The van der Waals surface area contributed by atoms with Gasteiger partial charge in [0.2, 0.25) is 10.0 Å². The van der Waals surface area contributed by atoms with Crippen LogP contribution in [0.3, 0.4) is 0 Å². The van der Waals surface area contributed by atoms with Crippen molar-refractivity contribution >= 4 is 27.3 Å². The Morgan fingerprint density at radius 1 is 1.36 bits per heavy atom. The van der Waals surface area contributed by atoms with Crippen LogP contribution in [-0.2, 0) is 10.0 Å². The first kappa shape index (κ1) is 16.7. The monoisotopic (exact) mass is 339 g/mol. The third-order valence-corrected chi connectivity index (χ3v) is 5.92. The molecule has 1 heterocycles. The quantitative estimate of drug-likeness (QED) is 0.846. The summed E-state index contributed by atoms with van der Waals surface area (Å²) in [5.41, 5.74) is 0.466. The fourth-order valence-corrected chi connectivity index (χ4v) is 4.61. The summed E-state index contributed by atoms with van der Waals surface area (Å²) in [7, 11) is -3.79. The van der Waals surface area contributed by atoms with Gasteiger partial charge in [-0.3, -0.25) is 0 Å². The first-order chi connectivity index (χ1) is 10.3. The molecular formula is C15H17NO4S2. The van der Waals surface area contributed by atoms with Crippen LogP contribution in [0.2, 0.25) is 0 Å². The number of carbonyl (C=O) groups is 1. The van der Waals surface area contributed by atoms with Crippen LogP contribution in [0.1, 0.15) is 40.2 Å². The first-order valence-electron chi connectivity index (χ1n) is 6.75. The second-order valence-corrected chi connectivity index (χ2v) is 7.54. The van der Waals surface area contributed by atoms with E-state index >= 15 is 0 Å². The van der Waals surface area contributed by atoms with Crippen molar-refractivity contribution in [3.05, 3.63) is 51.7 Å². The summed E-state index contributed by atoms with van der Waals surface area (Å²) in [6.45, 7) is 3.54. The Bertz CT molecular complexity index is 767. The maximum absolute atomic E-state index is 12.6. The summed E-state index contributed by atoms with van der Waals surface area (Å²) >= 11 is 1.48. The van der Waals surface area contributed by atoms with Gasteiger partial charge in [0.05, 0.1) is 16.5 Å². The number of sulfonamides is 1. The average molecular weight is 339 g/mol. The number of thiophene rings is 1. The van der Waals surface area contributed by atoms with Crippen LogP contribution < -0.4 is 4.72 Å². The minimum Gasteiger partial charge on any atom is -0.478 e. The minimum atomic E-state index is -3.79. The zero-order valence-electron chi connectivity index (χ0n) is 12.2. The van der Waals surface area contributed by atoms with Crippen molar-refractivity contribution < 1.29 is 18.3 Å². The van der Waals surface area contributed by atoms with Crippen LogP contribution in [0.15, 0.2) is 40.6 Å². The number of carboxylic acid groups (broad SMARTS) is 1. The van der Waals surface area contributed by atoms with Crippen LogP contribution >= 0.6 is 11.3 Å². The van der Waals surface area contributed by atoms with Crippen molar-refractivity contribution in [1.82, 2.24) is 4.72 Å². The summed E-state index contributed by atoms with van der Waals surface area (Å²) in [4.78, 5) is 12.0. The fraction of sp³-hybridized carbons (Fsp3) is 0.267. The molecule has 0 bridgehead atoms. The molecule has 118 valence electrons. The topological polar surface area (TPSA) is 83.5 Å². The van der Waals surface area contributed by atoms with Gasteiger partial charge in [-0.15, -0.1) is 11.3 Å². The number of rotatable bonds is 6. The molecule has 2 aromatic rings. The fourth-order valence-electron chi connectivity index (χ4n) is 2.11. The molecular weight excluding hydrogens is 322 g/mol. The van der Waals surface area contributed by atoms with E-state index < -0.39 is 16.0 Å². The second kappa shape index (κ2) is 6.60. The third-order valence-electron chi connectivity index (χ3n) is 3.32. The predicted octanol–water partition coefficient (Wildman–Crippen LogP) is 3.18. The summed E-state index contributed by atoms with van der Waals surface area (Å²) < 4.78 is 27.8. The van der Waals surface area contributed by atoms with E-state index in [-0.39, 0.29) is 16.5 Å². The third kappa shape index (κ3) is 3.55. The van der Waals surface area contributed by atoms with E-state index in [1.807, 2.05) is 24.4 Å². The Morgan fingerprint density at radius 2 is 2.09 bits per heavy atom. The molecule has 0 amide bonds. The van der Waals surface area contributed by atoms with Gasteiger partial charge in [-0.2, -0.15) is 0 Å². The molecule has 2 rings (SSSR count). The van der Waals surface area contributed by atoms with Gasteiger partial charge in [0, 0.05) is 4.88 Å². The molecule has 0 aliphatic rings. The highest BCUT2D eigenvalue weighted by Gasteiger charge is 2.23. The molecule has 0 aliphatic carbocycles. The number of benzene rings is 1. The Morgan fingerprint density at radius 3 is 2.64 bits per heavy atom. The molecule has 1 unspecified atom stereocenters. The van der Waals surface area contributed by atoms with Gasteiger partial charge in [-0.1, -0.05) is 19.1 Å². The molecule has 1 atom stereocenters. The lowest BCUT2D eigenvalue weighted by molar-refractivity contribution is 0.0696. The smallest absolute Gasteiger partial charge is 0.335 e. The lowest BCUT2D eigenvalue weighted by Gasteiger charge is -2.17. The summed E-state index contributed by atoms with van der Waals surface area (Å²) in [5.74, 6) is -1.15. The van der Waals surface area contributed by atoms with Gasteiger partial charge in [0.15, 0.2) is 0 Å². The molecule has 7 heteroatoms. The molecule has 1 aromatic heterocycles. The Kier molecular flexibility index (Phi) is 5.00. The second-order valence-electron chi connectivity index (χ2n) is 4.88. The van der Waals surface area contributed by atoms with Gasteiger partial charge in [-0.25, -0.2) is 17.9 Å². The van der Waals surface area contributed by atoms with E-state index in [4.69, 9.17) is 5.11 Å². The van der Waals surface area contributed by atoms with E-state index in [0.29, 0.717) is 12.0 Å². The van der Waals surface area contributed by atoms with E-state index in [0.717, 1.165) is 4.88 Å². The highest BCUT2D eigenvalue weighted by Crippen LogP contribution is 2.25. The van der Waals surface area contributed by atoms with Crippen molar-refractivity contribution in [1.29, 1.82) is 0 Å². The number of aromatic carboxylic acids is 1. The highest BCUT2D eigenvalue weighted by molar-refractivity contribution is 7.89. The molecule has 0 aliphatic heterocycles. The Labute approximate surface area is 133 Å². The SMILES string of the molecule is CCC(NS(=O)(=O)c1cc(C(=O)O)ccc1C)c1cccs1. The molecule has 2 N–H and O–H groups in total. The van der Waals surface area contributed by atoms with E-state index in [9.17, 15) is 13.2 Å². The number of hydrogen-bond acceptors (Lipinski definition) is 4. The standard InChI is InChI=1S/C15H17NO4S2/c1-3-12(13-5-4-8-21-13)16-22(19,20)14-9-11(15(17)18)7-6-10(14)2/h4-9,12,16H,3H2,1-2H3,(H,17,18). The molecule has 22 heavy (non-hydrogen) atoms. The van der Waals surface area contributed by atoms with Crippen molar-refractivity contribution in [3.8, 4) is 0 Å².